The van der Waals surface area contributed by atoms with Crippen molar-refractivity contribution in [1.82, 2.24) is 40.9 Å². The summed E-state index contributed by atoms with van der Waals surface area (Å²) >= 11 is 0. The monoisotopic (exact) mass is 1040 g/mol. The van der Waals surface area contributed by atoms with E-state index in [4.69, 9.17) is 9.47 Å². The number of rotatable bonds is 14. The van der Waals surface area contributed by atoms with E-state index in [1.54, 1.807) is 52.0 Å². The van der Waals surface area contributed by atoms with E-state index in [1.807, 2.05) is 27.7 Å². The first-order chi connectivity index (χ1) is 34.7. The standard InChI is InChI=1S/C53H84N8O13/c1-28(2)24-36-50(69)61-23-15-17-38(61)52(71)59(12)40(26-34-18-20-35(73-13)21-19-34)53(72)74-33(10)45(48(67)56-43(30(5)6)41(63)27-42(64)55-44(31(7)8)47(66)54-36)57-46(65)39(25-29(3)4)58(11)51(70)37-16-14-22-60(37)49(68)32(9)62/h18-21,28-33,36-41,43-45,62-63H,14-17,22-27H2,1-13H3,(H,54,66)(H,55,64)(H,56,67)(H,57,65)/t32-,33+,36+,37+,38+,39-,40+,41+,43+,44+,45-/m1/s1. The second-order valence-electron chi connectivity index (χ2n) is 21.8. The number of benzene rings is 1. The average Bonchev–Trinajstić information content (AvgIpc) is 4.04. The molecule has 3 aliphatic rings. The van der Waals surface area contributed by atoms with Crippen molar-refractivity contribution in [2.75, 3.05) is 34.3 Å². The van der Waals surface area contributed by atoms with E-state index >= 15 is 0 Å². The molecule has 74 heavy (non-hydrogen) atoms. The molecule has 3 fully saturated rings. The summed E-state index contributed by atoms with van der Waals surface area (Å²) in [6.45, 7) is 17.4. The number of nitrogens with one attached hydrogen (secondary N) is 4. The molecule has 0 spiro atoms. The van der Waals surface area contributed by atoms with Gasteiger partial charge in [-0.1, -0.05) is 67.5 Å². The van der Waals surface area contributed by atoms with Gasteiger partial charge in [0.15, 0.2) is 0 Å². The largest absolute Gasteiger partial charge is 0.497 e. The third-order valence-corrected chi connectivity index (χ3v) is 14.3. The van der Waals surface area contributed by atoms with Crippen molar-refractivity contribution in [3.63, 3.8) is 0 Å². The number of ether oxygens (including phenoxy) is 2. The van der Waals surface area contributed by atoms with Crippen LogP contribution in [0.2, 0.25) is 0 Å². The lowest BCUT2D eigenvalue weighted by molar-refractivity contribution is -0.162. The van der Waals surface area contributed by atoms with Crippen molar-refractivity contribution in [3.05, 3.63) is 29.8 Å². The SMILES string of the molecule is COc1ccc(C[C@H]2C(=O)O[C@@H](C)[C@@H](NC(=O)[C@@H](CC(C)C)N(C)C(=O)[C@@H]3CCCN3C(=O)[C@@H](C)O)C(=O)N[C@@H](C(C)C)[C@@H](O)CC(=O)N[C@@H](C(C)C)C(=O)N[C@@H](CC(C)C)C(=O)N3CCC[C@H]3C(=O)N2C)cc1. The molecule has 414 valence electrons. The van der Waals surface area contributed by atoms with E-state index in [2.05, 4.69) is 21.3 Å². The topological polar surface area (TPSA) is 274 Å². The molecule has 0 radical (unpaired) electrons. The number of aliphatic hydroxyl groups excluding tert-OH is 2. The van der Waals surface area contributed by atoms with E-state index in [1.165, 1.54) is 54.7 Å². The average molecular weight is 1040 g/mol. The second-order valence-corrected chi connectivity index (χ2v) is 21.8. The van der Waals surface area contributed by atoms with Crippen LogP contribution in [-0.2, 0) is 54.3 Å². The zero-order chi connectivity index (χ0) is 55.5. The molecule has 3 saturated heterocycles. The highest BCUT2D eigenvalue weighted by Crippen LogP contribution is 2.26. The number of carbonyl (C=O) groups is 9. The molecule has 0 aromatic heterocycles. The molecule has 6 N–H and O–H groups in total. The van der Waals surface area contributed by atoms with Crippen LogP contribution >= 0.6 is 0 Å². The Morgan fingerprint density at radius 3 is 2.05 bits per heavy atom. The van der Waals surface area contributed by atoms with Gasteiger partial charge in [-0.15, -0.1) is 0 Å². The summed E-state index contributed by atoms with van der Waals surface area (Å²) in [6.07, 6.45) is -3.28. The summed E-state index contributed by atoms with van der Waals surface area (Å²) in [5, 5.41) is 32.9. The highest BCUT2D eigenvalue weighted by atomic mass is 16.5. The van der Waals surface area contributed by atoms with Gasteiger partial charge in [0.05, 0.1) is 25.7 Å². The van der Waals surface area contributed by atoms with E-state index in [9.17, 15) is 53.4 Å². The van der Waals surface area contributed by atoms with E-state index in [0.29, 0.717) is 30.6 Å². The van der Waals surface area contributed by atoms with Crippen LogP contribution in [0.5, 0.6) is 5.75 Å². The molecule has 1 aromatic carbocycles. The van der Waals surface area contributed by atoms with Crippen molar-refractivity contribution >= 4 is 53.2 Å². The van der Waals surface area contributed by atoms with Crippen LogP contribution in [0.4, 0.5) is 0 Å². The lowest BCUT2D eigenvalue weighted by atomic mass is 9.94. The fraction of sp³-hybridized carbons (Fsp3) is 0.717. The Morgan fingerprint density at radius 1 is 0.851 bits per heavy atom. The van der Waals surface area contributed by atoms with E-state index in [-0.39, 0.29) is 50.6 Å². The summed E-state index contributed by atoms with van der Waals surface area (Å²) in [7, 11) is 4.34. The molecule has 21 nitrogen and oxygen atoms in total. The molecule has 0 saturated carbocycles. The summed E-state index contributed by atoms with van der Waals surface area (Å²) in [5.41, 5.74) is 0.601. The smallest absolute Gasteiger partial charge is 0.329 e. The van der Waals surface area contributed by atoms with Gasteiger partial charge in [-0.05, 0) is 93.7 Å². The van der Waals surface area contributed by atoms with Crippen molar-refractivity contribution in [2.45, 2.75) is 187 Å². The lowest BCUT2D eigenvalue weighted by Crippen LogP contribution is -2.62. The van der Waals surface area contributed by atoms with Crippen LogP contribution < -0.4 is 26.0 Å². The number of nitrogens with zero attached hydrogens (tertiary/aromatic N) is 4. The van der Waals surface area contributed by atoms with Gasteiger partial charge in [-0.2, -0.15) is 0 Å². The Morgan fingerprint density at radius 2 is 1.49 bits per heavy atom. The molecule has 0 unspecified atom stereocenters. The van der Waals surface area contributed by atoms with Crippen molar-refractivity contribution in [3.8, 4) is 5.75 Å². The highest BCUT2D eigenvalue weighted by Gasteiger charge is 2.45. The van der Waals surface area contributed by atoms with Crippen molar-refractivity contribution in [2.24, 2.45) is 23.7 Å². The number of cyclic esters (lactones) is 1. The van der Waals surface area contributed by atoms with Gasteiger partial charge in [0.2, 0.25) is 41.4 Å². The number of fused-ring (bicyclic) bond motifs is 1. The molecule has 0 aliphatic carbocycles. The minimum absolute atomic E-state index is 0.0801. The third kappa shape index (κ3) is 15.6. The molecule has 3 aliphatic heterocycles. The molecule has 3 heterocycles. The number of amides is 8. The van der Waals surface area contributed by atoms with Crippen LogP contribution in [0.3, 0.4) is 0 Å². The molecular formula is C53H84N8O13. The zero-order valence-electron chi connectivity index (χ0n) is 45.7. The molecule has 1 aromatic rings. The van der Waals surface area contributed by atoms with Gasteiger partial charge in [-0.3, -0.25) is 38.4 Å². The minimum atomic E-state index is -1.71. The third-order valence-electron chi connectivity index (χ3n) is 14.3. The predicted molar refractivity (Wildman–Crippen MR) is 273 cm³/mol. The summed E-state index contributed by atoms with van der Waals surface area (Å²) < 4.78 is 11.5. The first kappa shape index (κ1) is 60.7. The Bertz CT molecular complexity index is 2150. The summed E-state index contributed by atoms with van der Waals surface area (Å²) in [4.78, 5) is 134. The van der Waals surface area contributed by atoms with Crippen LogP contribution in [0.25, 0.3) is 0 Å². The molecule has 8 amide bonds. The molecule has 11 atom stereocenters. The fourth-order valence-corrected chi connectivity index (χ4v) is 10.0. The van der Waals surface area contributed by atoms with E-state index in [0.717, 1.165) is 0 Å². The number of esters is 1. The van der Waals surface area contributed by atoms with Gasteiger partial charge in [0, 0.05) is 33.6 Å². The molecular weight excluding hydrogens is 957 g/mol. The van der Waals surface area contributed by atoms with Crippen LogP contribution in [0.1, 0.15) is 120 Å². The van der Waals surface area contributed by atoms with Gasteiger partial charge in [-0.25, -0.2) is 4.79 Å². The first-order valence-electron chi connectivity index (χ1n) is 26.2. The minimum Gasteiger partial charge on any atom is -0.497 e. The second kappa shape index (κ2) is 27.1. The van der Waals surface area contributed by atoms with Gasteiger partial charge >= 0.3 is 5.97 Å². The highest BCUT2D eigenvalue weighted by molar-refractivity contribution is 5.97. The van der Waals surface area contributed by atoms with Crippen LogP contribution in [-0.4, -0.2) is 184 Å². The van der Waals surface area contributed by atoms with Crippen molar-refractivity contribution < 1.29 is 62.8 Å². The fourth-order valence-electron chi connectivity index (χ4n) is 10.0. The van der Waals surface area contributed by atoms with Gasteiger partial charge in [0.1, 0.15) is 60.3 Å². The van der Waals surface area contributed by atoms with Crippen LogP contribution in [0, 0.1) is 23.7 Å². The number of hydrogen-bond acceptors (Lipinski definition) is 13. The lowest BCUT2D eigenvalue weighted by Gasteiger charge is -2.36. The molecule has 4 rings (SSSR count). The number of hydrogen-bond donors (Lipinski definition) is 6. The Kier molecular flexibility index (Phi) is 22.2. The number of likely N-dealkylation sites (N-methyl/N-ethyl adjacent to an activating group) is 2. The van der Waals surface area contributed by atoms with Crippen LogP contribution in [0.15, 0.2) is 24.3 Å². The maximum Gasteiger partial charge on any atom is 0.329 e. The molecule has 0 bridgehead atoms. The Hall–Kier alpha value is -5.83. The zero-order valence-corrected chi connectivity index (χ0v) is 45.7. The van der Waals surface area contributed by atoms with E-state index < -0.39 is 138 Å². The molecule has 21 heteroatoms. The quantitative estimate of drug-likeness (QED) is 0.144. The Balaban J connectivity index is 1.85. The summed E-state index contributed by atoms with van der Waals surface area (Å²) in [6, 6.07) is -2.87. The number of carbonyl (C=O) groups excluding carboxylic acids is 9. The maximum absolute atomic E-state index is 14.8. The number of likely N-dealkylation sites (tertiary alicyclic amines) is 1. The number of aliphatic hydroxyl groups is 2. The maximum atomic E-state index is 14.8. The van der Waals surface area contributed by atoms with Crippen molar-refractivity contribution in [1.29, 1.82) is 0 Å². The Labute approximate surface area is 436 Å². The summed E-state index contributed by atoms with van der Waals surface area (Å²) in [5.74, 6) is -7.08. The van der Waals surface area contributed by atoms with Gasteiger partial charge < -0.3 is 60.6 Å². The predicted octanol–water partition coefficient (Wildman–Crippen LogP) is 1.29. The number of methoxy groups -OCH3 is 1. The normalized spacial score (nSPS) is 27.0. The van der Waals surface area contributed by atoms with Gasteiger partial charge in [0.25, 0.3) is 5.91 Å². The first-order valence-corrected chi connectivity index (χ1v) is 26.2.